The van der Waals surface area contributed by atoms with Crippen molar-refractivity contribution < 1.29 is 9.28 Å². The number of amides is 1. The average molecular weight is 300 g/mol. The minimum Gasteiger partial charge on any atom is -0.345 e. The zero-order chi connectivity index (χ0) is 17.1. The zero-order valence-corrected chi connectivity index (χ0v) is 16.2. The Hall–Kier alpha value is -0.570. The number of carbonyl (C=O) groups excluding carboxylic acids is 1. The predicted molar refractivity (Wildman–Crippen MR) is 92.2 cm³/mol. The lowest BCUT2D eigenvalue weighted by atomic mass is 9.71. The Morgan fingerprint density at radius 3 is 1.86 bits per heavy atom. The second-order valence-electron chi connectivity index (χ2n) is 9.81. The topological polar surface area (TPSA) is 20.3 Å². The van der Waals surface area contributed by atoms with E-state index in [-0.39, 0.29) is 16.7 Å². The van der Waals surface area contributed by atoms with Gasteiger partial charge in [-0.15, -0.1) is 0 Å². The van der Waals surface area contributed by atoms with Crippen molar-refractivity contribution in [2.24, 2.45) is 16.7 Å². The first-order chi connectivity index (χ1) is 9.13. The first kappa shape index (κ1) is 20.4. The third-order valence-electron chi connectivity index (χ3n) is 3.86. The van der Waals surface area contributed by atoms with Crippen LogP contribution in [0.4, 0.5) is 0 Å². The molecule has 3 nitrogen and oxygen atoms in total. The van der Waals surface area contributed by atoms with Crippen LogP contribution in [0.2, 0.25) is 0 Å². The smallest absolute Gasteiger partial charge is 0.225 e. The van der Waals surface area contributed by atoms with Crippen molar-refractivity contribution in [1.82, 2.24) is 4.90 Å². The van der Waals surface area contributed by atoms with Crippen LogP contribution in [0.25, 0.3) is 0 Å². The first-order valence-electron chi connectivity index (χ1n) is 8.19. The van der Waals surface area contributed by atoms with Crippen molar-refractivity contribution in [2.75, 3.05) is 41.3 Å². The molecule has 0 aliphatic rings. The second kappa shape index (κ2) is 7.13. The summed E-state index contributed by atoms with van der Waals surface area (Å²) in [6.07, 6.45) is 1.99. The van der Waals surface area contributed by atoms with Gasteiger partial charge in [0.25, 0.3) is 0 Å². The Kier molecular flexibility index (Phi) is 6.93. The number of rotatable bonds is 6. The molecule has 1 atom stereocenters. The molecule has 3 heteroatoms. The molecule has 0 aromatic rings. The molecule has 0 fully saturated rings. The molecule has 1 unspecified atom stereocenters. The lowest BCUT2D eigenvalue weighted by Gasteiger charge is -2.37. The fourth-order valence-corrected chi connectivity index (χ4v) is 2.53. The van der Waals surface area contributed by atoms with E-state index in [1.807, 2.05) is 11.9 Å². The van der Waals surface area contributed by atoms with E-state index in [4.69, 9.17) is 0 Å². The third kappa shape index (κ3) is 9.13. The maximum atomic E-state index is 12.8. The molecule has 0 aromatic carbocycles. The molecule has 0 heterocycles. The quantitative estimate of drug-likeness (QED) is 0.686. The highest BCUT2D eigenvalue weighted by Gasteiger charge is 2.36. The summed E-state index contributed by atoms with van der Waals surface area (Å²) in [5, 5.41) is 0. The van der Waals surface area contributed by atoms with Gasteiger partial charge in [-0.1, -0.05) is 41.5 Å². The minimum absolute atomic E-state index is 0.0126. The summed E-state index contributed by atoms with van der Waals surface area (Å²) in [6, 6.07) is 0. The number of hydrogen-bond acceptors (Lipinski definition) is 1. The van der Waals surface area contributed by atoms with Gasteiger partial charge in [0.15, 0.2) is 0 Å². The first-order valence-corrected chi connectivity index (χ1v) is 8.19. The van der Waals surface area contributed by atoms with Gasteiger partial charge >= 0.3 is 0 Å². The zero-order valence-electron chi connectivity index (χ0n) is 16.2. The fraction of sp³-hybridized carbons (Fsp3) is 0.944. The summed E-state index contributed by atoms with van der Waals surface area (Å²) >= 11 is 0. The summed E-state index contributed by atoms with van der Waals surface area (Å²) < 4.78 is 0.951. The molecule has 0 aliphatic carbocycles. The van der Waals surface area contributed by atoms with Crippen LogP contribution in [-0.4, -0.2) is 56.6 Å². The van der Waals surface area contributed by atoms with Gasteiger partial charge in [0.2, 0.25) is 5.91 Å². The lowest BCUT2D eigenvalue weighted by Crippen LogP contribution is -2.43. The van der Waals surface area contributed by atoms with Crippen molar-refractivity contribution in [3.05, 3.63) is 0 Å². The molecule has 0 N–H and O–H groups in total. The molecule has 0 rings (SSSR count). The molecule has 1 amide bonds. The average Bonchev–Trinajstić information content (AvgIpc) is 2.20. The van der Waals surface area contributed by atoms with Gasteiger partial charge in [-0.25, -0.2) is 0 Å². The Morgan fingerprint density at radius 1 is 1.05 bits per heavy atom. The van der Waals surface area contributed by atoms with Gasteiger partial charge in [0, 0.05) is 25.9 Å². The van der Waals surface area contributed by atoms with Crippen molar-refractivity contribution in [3.63, 3.8) is 0 Å². The Labute approximate surface area is 133 Å². The summed E-state index contributed by atoms with van der Waals surface area (Å²) in [7, 11) is 8.54. The van der Waals surface area contributed by atoms with Crippen LogP contribution >= 0.6 is 0 Å². The van der Waals surface area contributed by atoms with E-state index in [1.165, 1.54) is 0 Å². The molecule has 0 radical (unpaired) electrons. The van der Waals surface area contributed by atoms with Crippen LogP contribution in [0, 0.1) is 16.7 Å². The molecule has 0 saturated carbocycles. The molecule has 21 heavy (non-hydrogen) atoms. The van der Waals surface area contributed by atoms with E-state index in [1.54, 1.807) is 0 Å². The highest BCUT2D eigenvalue weighted by molar-refractivity contribution is 5.79. The monoisotopic (exact) mass is 299 g/mol. The summed E-state index contributed by atoms with van der Waals surface area (Å²) in [6.45, 7) is 15.1. The number of nitrogens with zero attached hydrogens (tertiary/aromatic N) is 2. The normalized spacial score (nSPS) is 15.0. The van der Waals surface area contributed by atoms with Crippen molar-refractivity contribution in [3.8, 4) is 0 Å². The van der Waals surface area contributed by atoms with Crippen LogP contribution in [-0.2, 0) is 4.79 Å². The van der Waals surface area contributed by atoms with Crippen LogP contribution in [0.5, 0.6) is 0 Å². The highest BCUT2D eigenvalue weighted by atomic mass is 16.2. The van der Waals surface area contributed by atoms with Crippen molar-refractivity contribution in [2.45, 2.75) is 54.4 Å². The summed E-state index contributed by atoms with van der Waals surface area (Å²) in [5.74, 6) is 0.394. The fourth-order valence-electron chi connectivity index (χ4n) is 2.53. The van der Waals surface area contributed by atoms with Crippen molar-refractivity contribution >= 4 is 5.91 Å². The second-order valence-corrected chi connectivity index (χ2v) is 9.81. The maximum Gasteiger partial charge on any atom is 0.225 e. The molecule has 0 spiro atoms. The van der Waals surface area contributed by atoms with Crippen LogP contribution in [0.1, 0.15) is 54.4 Å². The number of carbonyl (C=O) groups is 1. The van der Waals surface area contributed by atoms with Gasteiger partial charge in [-0.3, -0.25) is 4.79 Å². The van der Waals surface area contributed by atoms with Gasteiger partial charge in [-0.2, -0.15) is 0 Å². The van der Waals surface area contributed by atoms with Gasteiger partial charge in [-0.05, 0) is 17.3 Å². The third-order valence-corrected chi connectivity index (χ3v) is 3.86. The van der Waals surface area contributed by atoms with Gasteiger partial charge < -0.3 is 9.38 Å². The van der Waals surface area contributed by atoms with Gasteiger partial charge in [0.1, 0.15) is 0 Å². The predicted octanol–water partition coefficient (Wildman–Crippen LogP) is 3.64. The molecule has 0 aromatic heterocycles. The molecular formula is C18H39N2O+. The maximum absolute atomic E-state index is 12.8. The van der Waals surface area contributed by atoms with E-state index >= 15 is 0 Å². The van der Waals surface area contributed by atoms with Crippen LogP contribution < -0.4 is 0 Å². The molecule has 0 aliphatic heterocycles. The van der Waals surface area contributed by atoms with Crippen LogP contribution in [0.3, 0.4) is 0 Å². The minimum atomic E-state index is 0.0126. The summed E-state index contributed by atoms with van der Waals surface area (Å²) in [5.41, 5.74) is 0.190. The standard InChI is InChI=1S/C18H39N2O/c1-17(2,3)14-15(18(4,5)6)16(21)19(7)12-11-13-20(8,9)10/h15H,11-14H2,1-10H3/q+1. The van der Waals surface area contributed by atoms with Crippen molar-refractivity contribution in [1.29, 1.82) is 0 Å². The highest BCUT2D eigenvalue weighted by Crippen LogP contribution is 2.37. The van der Waals surface area contributed by atoms with E-state index in [2.05, 4.69) is 62.7 Å². The van der Waals surface area contributed by atoms with E-state index in [9.17, 15) is 4.79 Å². The number of quaternary nitrogens is 1. The Bertz CT molecular complexity index is 329. The number of hydrogen-bond donors (Lipinski definition) is 0. The van der Waals surface area contributed by atoms with E-state index in [0.717, 1.165) is 30.4 Å². The van der Waals surface area contributed by atoms with E-state index in [0.29, 0.717) is 5.91 Å². The van der Waals surface area contributed by atoms with E-state index < -0.39 is 0 Å². The molecule has 0 saturated heterocycles. The molecule has 0 bridgehead atoms. The lowest BCUT2D eigenvalue weighted by molar-refractivity contribution is -0.870. The molecule has 126 valence electrons. The Morgan fingerprint density at radius 2 is 1.52 bits per heavy atom. The van der Waals surface area contributed by atoms with Gasteiger partial charge in [0.05, 0.1) is 27.7 Å². The Balaban J connectivity index is 4.73. The summed E-state index contributed by atoms with van der Waals surface area (Å²) in [4.78, 5) is 14.8. The molecular weight excluding hydrogens is 260 g/mol. The SMILES string of the molecule is CN(CCC[N+](C)(C)C)C(=O)C(CC(C)(C)C)C(C)(C)C. The van der Waals surface area contributed by atoms with Crippen LogP contribution in [0.15, 0.2) is 0 Å². The largest absolute Gasteiger partial charge is 0.345 e.